The van der Waals surface area contributed by atoms with Crippen molar-refractivity contribution in [2.24, 2.45) is 5.73 Å². The quantitative estimate of drug-likeness (QED) is 0.898. The lowest BCUT2D eigenvalue weighted by Gasteiger charge is -2.18. The highest BCUT2D eigenvalue weighted by Crippen LogP contribution is 2.39. The standard InChI is InChI=1S/C15H12F2N2O4/c1-5-9(15(22)23)13(20)7-4-8(16)10(14(18)21)11(17)12(7)19(5)6-2-3-6/h4,6H,2-3H2,1H3,(H2,18,21)(H,22,23). The van der Waals surface area contributed by atoms with Gasteiger partial charge in [-0.25, -0.2) is 13.6 Å². The minimum Gasteiger partial charge on any atom is -0.477 e. The van der Waals surface area contributed by atoms with Crippen LogP contribution < -0.4 is 11.2 Å². The molecule has 1 aliphatic rings. The Morgan fingerprint density at radius 1 is 1.30 bits per heavy atom. The number of carboxylic acids is 1. The minimum absolute atomic E-state index is 0.0680. The molecule has 1 aliphatic carbocycles. The van der Waals surface area contributed by atoms with Crippen LogP contribution in [-0.4, -0.2) is 21.6 Å². The monoisotopic (exact) mass is 322 g/mol. The molecule has 0 unspecified atom stereocenters. The highest BCUT2D eigenvalue weighted by Gasteiger charge is 2.32. The number of aromatic nitrogens is 1. The van der Waals surface area contributed by atoms with Crippen molar-refractivity contribution < 1.29 is 23.5 Å². The number of carbonyl (C=O) groups is 2. The number of nitrogens with zero attached hydrogens (tertiary/aromatic N) is 1. The van der Waals surface area contributed by atoms with Crippen LogP contribution in [0.2, 0.25) is 0 Å². The first-order valence-electron chi connectivity index (χ1n) is 6.85. The van der Waals surface area contributed by atoms with Gasteiger partial charge in [0.1, 0.15) is 16.9 Å². The van der Waals surface area contributed by atoms with E-state index < -0.39 is 45.5 Å². The number of nitrogens with two attached hydrogens (primary N) is 1. The molecule has 0 aliphatic heterocycles. The zero-order valence-electron chi connectivity index (χ0n) is 12.0. The summed E-state index contributed by atoms with van der Waals surface area (Å²) in [5.74, 6) is -5.29. The molecular weight excluding hydrogens is 310 g/mol. The number of pyridine rings is 1. The van der Waals surface area contributed by atoms with Gasteiger partial charge in [0, 0.05) is 11.7 Å². The SMILES string of the molecule is Cc1c(C(=O)O)c(=O)c2cc(F)c(C(N)=O)c(F)c2n1C1CC1. The largest absolute Gasteiger partial charge is 0.477 e. The van der Waals surface area contributed by atoms with Gasteiger partial charge < -0.3 is 15.4 Å². The number of hydrogen-bond donors (Lipinski definition) is 2. The topological polar surface area (TPSA) is 102 Å². The summed E-state index contributed by atoms with van der Waals surface area (Å²) in [5, 5.41) is 8.82. The van der Waals surface area contributed by atoms with Crippen molar-refractivity contribution in [3.63, 3.8) is 0 Å². The smallest absolute Gasteiger partial charge is 0.341 e. The fourth-order valence-electron chi connectivity index (χ4n) is 2.87. The predicted molar refractivity (Wildman–Crippen MR) is 76.6 cm³/mol. The van der Waals surface area contributed by atoms with Gasteiger partial charge in [0.15, 0.2) is 5.82 Å². The zero-order valence-corrected chi connectivity index (χ0v) is 12.0. The van der Waals surface area contributed by atoms with Gasteiger partial charge in [-0.05, 0) is 25.8 Å². The van der Waals surface area contributed by atoms with E-state index in [1.165, 1.54) is 11.5 Å². The van der Waals surface area contributed by atoms with Crippen LogP contribution in [0.25, 0.3) is 10.9 Å². The highest BCUT2D eigenvalue weighted by molar-refractivity contribution is 6.00. The van der Waals surface area contributed by atoms with E-state index in [2.05, 4.69) is 0 Å². The summed E-state index contributed by atoms with van der Waals surface area (Å²) in [5.41, 5.74) is 2.33. The molecular formula is C15H12F2N2O4. The van der Waals surface area contributed by atoms with Crippen molar-refractivity contribution in [2.45, 2.75) is 25.8 Å². The molecule has 1 saturated carbocycles. The number of amides is 1. The Balaban J connectivity index is 2.59. The molecule has 1 fully saturated rings. The summed E-state index contributed by atoms with van der Waals surface area (Å²) >= 11 is 0. The molecule has 0 radical (unpaired) electrons. The average molecular weight is 322 g/mol. The van der Waals surface area contributed by atoms with E-state index in [4.69, 9.17) is 5.73 Å². The van der Waals surface area contributed by atoms with Crippen LogP contribution in [0, 0.1) is 18.6 Å². The first-order valence-corrected chi connectivity index (χ1v) is 6.85. The number of primary amides is 1. The molecule has 0 spiro atoms. The van der Waals surface area contributed by atoms with E-state index >= 15 is 0 Å². The van der Waals surface area contributed by atoms with Gasteiger partial charge in [-0.3, -0.25) is 9.59 Å². The number of halogens is 2. The van der Waals surface area contributed by atoms with E-state index in [0.717, 1.165) is 0 Å². The van der Waals surface area contributed by atoms with Crippen LogP contribution in [0.5, 0.6) is 0 Å². The summed E-state index contributed by atoms with van der Waals surface area (Å²) < 4.78 is 30.0. The van der Waals surface area contributed by atoms with Crippen molar-refractivity contribution in [1.82, 2.24) is 4.57 Å². The second-order valence-corrected chi connectivity index (χ2v) is 5.50. The number of hydrogen-bond acceptors (Lipinski definition) is 3. The molecule has 3 N–H and O–H groups in total. The van der Waals surface area contributed by atoms with Crippen molar-refractivity contribution in [2.75, 3.05) is 0 Å². The Kier molecular flexibility index (Phi) is 3.20. The number of carboxylic acid groups (broad SMARTS) is 1. The van der Waals surface area contributed by atoms with E-state index in [1.807, 2.05) is 0 Å². The summed E-state index contributed by atoms with van der Waals surface area (Å²) in [4.78, 5) is 35.0. The molecule has 0 bridgehead atoms. The number of benzene rings is 1. The third-order valence-corrected chi connectivity index (χ3v) is 4.00. The van der Waals surface area contributed by atoms with Gasteiger partial charge in [-0.1, -0.05) is 0 Å². The molecule has 0 saturated heterocycles. The van der Waals surface area contributed by atoms with Gasteiger partial charge >= 0.3 is 5.97 Å². The van der Waals surface area contributed by atoms with Gasteiger partial charge in [0.05, 0.1) is 10.9 Å². The van der Waals surface area contributed by atoms with Gasteiger partial charge in [0.25, 0.3) is 5.91 Å². The summed E-state index contributed by atoms with van der Waals surface area (Å²) in [7, 11) is 0. The van der Waals surface area contributed by atoms with E-state index in [9.17, 15) is 28.3 Å². The number of rotatable bonds is 3. The maximum atomic E-state index is 14.7. The third kappa shape index (κ3) is 2.09. The normalized spacial score (nSPS) is 14.2. The second kappa shape index (κ2) is 4.87. The van der Waals surface area contributed by atoms with Crippen LogP contribution in [0.4, 0.5) is 8.78 Å². The van der Waals surface area contributed by atoms with Crippen molar-refractivity contribution in [1.29, 1.82) is 0 Å². The van der Waals surface area contributed by atoms with E-state index in [1.54, 1.807) is 0 Å². The Morgan fingerprint density at radius 2 is 1.91 bits per heavy atom. The zero-order chi connectivity index (χ0) is 17.0. The Morgan fingerprint density at radius 3 is 2.39 bits per heavy atom. The van der Waals surface area contributed by atoms with Crippen LogP contribution >= 0.6 is 0 Å². The van der Waals surface area contributed by atoms with Gasteiger partial charge in [-0.15, -0.1) is 0 Å². The average Bonchev–Trinajstić information content (AvgIpc) is 3.24. The molecule has 2 aromatic rings. The van der Waals surface area contributed by atoms with Crippen molar-refractivity contribution in [3.8, 4) is 0 Å². The predicted octanol–water partition coefficient (Wildman–Crippen LogP) is 1.72. The minimum atomic E-state index is -1.47. The Hall–Kier alpha value is -2.77. The second-order valence-electron chi connectivity index (χ2n) is 5.50. The summed E-state index contributed by atoms with van der Waals surface area (Å²) in [6, 6.07) is 0.475. The van der Waals surface area contributed by atoms with Gasteiger partial charge in [0.2, 0.25) is 5.43 Å². The summed E-state index contributed by atoms with van der Waals surface area (Å²) in [6.45, 7) is 1.38. The highest BCUT2D eigenvalue weighted by atomic mass is 19.1. The molecule has 1 heterocycles. The Bertz CT molecular complexity index is 945. The first-order chi connectivity index (χ1) is 10.8. The van der Waals surface area contributed by atoms with Crippen LogP contribution in [0.1, 0.15) is 45.3 Å². The Labute approximate surface area is 128 Å². The molecule has 8 heteroatoms. The fourth-order valence-corrected chi connectivity index (χ4v) is 2.87. The molecule has 23 heavy (non-hydrogen) atoms. The van der Waals surface area contributed by atoms with Crippen molar-refractivity contribution in [3.05, 3.63) is 44.7 Å². The molecule has 120 valence electrons. The molecule has 1 aromatic heterocycles. The fraction of sp³-hybridized carbons (Fsp3) is 0.267. The summed E-state index contributed by atoms with van der Waals surface area (Å²) in [6.07, 6.45) is 1.33. The van der Waals surface area contributed by atoms with Crippen LogP contribution in [-0.2, 0) is 0 Å². The number of fused-ring (bicyclic) bond motifs is 1. The molecule has 1 amide bonds. The van der Waals surface area contributed by atoms with E-state index in [0.29, 0.717) is 18.9 Å². The van der Waals surface area contributed by atoms with Crippen LogP contribution in [0.3, 0.4) is 0 Å². The first kappa shape index (κ1) is 15.1. The maximum Gasteiger partial charge on any atom is 0.341 e. The lowest BCUT2D eigenvalue weighted by atomic mass is 10.0. The number of carbonyl (C=O) groups excluding carboxylic acids is 1. The lowest BCUT2D eigenvalue weighted by Crippen LogP contribution is -2.25. The van der Waals surface area contributed by atoms with Crippen LogP contribution in [0.15, 0.2) is 10.9 Å². The number of aromatic carboxylic acids is 1. The van der Waals surface area contributed by atoms with E-state index in [-0.39, 0.29) is 17.3 Å². The molecule has 6 nitrogen and oxygen atoms in total. The maximum absolute atomic E-state index is 14.7. The van der Waals surface area contributed by atoms with Crippen molar-refractivity contribution >= 4 is 22.8 Å². The molecule has 0 atom stereocenters. The van der Waals surface area contributed by atoms with Gasteiger partial charge in [-0.2, -0.15) is 0 Å². The third-order valence-electron chi connectivity index (χ3n) is 4.00. The lowest BCUT2D eigenvalue weighted by molar-refractivity contribution is 0.0693. The molecule has 3 rings (SSSR count). The molecule has 1 aromatic carbocycles.